The molecule has 1 heterocycles. The fourth-order valence-electron chi connectivity index (χ4n) is 1.52. The Morgan fingerprint density at radius 1 is 1.31 bits per heavy atom. The molecular weight excluding hydrogens is 210 g/mol. The van der Waals surface area contributed by atoms with Gasteiger partial charge in [-0.05, 0) is 17.7 Å². The topological polar surface area (TPSA) is 81.8 Å². The maximum Gasteiger partial charge on any atom is 0.325 e. The van der Waals surface area contributed by atoms with Crippen LogP contribution >= 0.6 is 0 Å². The van der Waals surface area contributed by atoms with Crippen molar-refractivity contribution in [1.29, 1.82) is 0 Å². The van der Waals surface area contributed by atoms with Gasteiger partial charge < -0.3 is 20.3 Å². The average molecular weight is 223 g/mol. The van der Waals surface area contributed by atoms with E-state index in [-0.39, 0.29) is 0 Å². The molecule has 5 nitrogen and oxygen atoms in total. The monoisotopic (exact) mass is 223 g/mol. The van der Waals surface area contributed by atoms with Gasteiger partial charge in [0.15, 0.2) is 11.5 Å². The van der Waals surface area contributed by atoms with Gasteiger partial charge in [0.05, 0.1) is 13.2 Å². The summed E-state index contributed by atoms with van der Waals surface area (Å²) in [5.74, 6) is 0.139. The lowest BCUT2D eigenvalue weighted by Gasteiger charge is -2.11. The normalized spacial score (nSPS) is 16.3. The van der Waals surface area contributed by atoms with Crippen molar-refractivity contribution in [3.63, 3.8) is 0 Å². The Labute approximate surface area is 92.8 Å². The Kier molecular flexibility index (Phi) is 2.96. The van der Waals surface area contributed by atoms with Gasteiger partial charge in [-0.3, -0.25) is 4.79 Å². The fourth-order valence-corrected chi connectivity index (χ4v) is 1.52. The third-order valence-corrected chi connectivity index (χ3v) is 2.40. The van der Waals surface area contributed by atoms with Gasteiger partial charge in [-0.2, -0.15) is 0 Å². The largest absolute Gasteiger partial charge is 0.490 e. The number of rotatable bonds is 2. The SMILES string of the molecule is N[C@H](C(=O)O)c1ccc2c(c1)OCCCO2. The molecule has 3 N–H and O–H groups in total. The zero-order chi connectivity index (χ0) is 11.5. The van der Waals surface area contributed by atoms with Gasteiger partial charge in [-0.25, -0.2) is 0 Å². The summed E-state index contributed by atoms with van der Waals surface area (Å²) in [7, 11) is 0. The Balaban J connectivity index is 2.30. The fraction of sp³-hybridized carbons (Fsp3) is 0.364. The molecular formula is C11H13NO4. The number of aliphatic carboxylic acids is 1. The molecule has 0 unspecified atom stereocenters. The molecule has 0 aliphatic carbocycles. The Hall–Kier alpha value is -1.75. The second kappa shape index (κ2) is 4.40. The first kappa shape index (κ1) is 10.8. The number of nitrogens with two attached hydrogens (primary N) is 1. The Morgan fingerprint density at radius 3 is 2.69 bits per heavy atom. The highest BCUT2D eigenvalue weighted by molar-refractivity contribution is 5.75. The van der Waals surface area contributed by atoms with Crippen molar-refractivity contribution in [3.05, 3.63) is 23.8 Å². The molecule has 1 aliphatic rings. The molecule has 0 aromatic heterocycles. The van der Waals surface area contributed by atoms with E-state index in [0.717, 1.165) is 6.42 Å². The highest BCUT2D eigenvalue weighted by atomic mass is 16.5. The predicted molar refractivity (Wildman–Crippen MR) is 56.6 cm³/mol. The minimum atomic E-state index is -1.06. The number of fused-ring (bicyclic) bond motifs is 1. The van der Waals surface area contributed by atoms with Crippen LogP contribution in [-0.2, 0) is 4.79 Å². The van der Waals surface area contributed by atoms with Crippen molar-refractivity contribution >= 4 is 5.97 Å². The van der Waals surface area contributed by atoms with Crippen LogP contribution in [0.2, 0.25) is 0 Å². The molecule has 5 heteroatoms. The summed E-state index contributed by atoms with van der Waals surface area (Å²) < 4.78 is 10.9. The van der Waals surface area contributed by atoms with Crippen LogP contribution in [0.15, 0.2) is 18.2 Å². The first-order valence-corrected chi connectivity index (χ1v) is 5.06. The molecule has 0 bridgehead atoms. The van der Waals surface area contributed by atoms with Crippen LogP contribution in [0.1, 0.15) is 18.0 Å². The van der Waals surface area contributed by atoms with E-state index < -0.39 is 12.0 Å². The van der Waals surface area contributed by atoms with Crippen LogP contribution in [0.3, 0.4) is 0 Å². The standard InChI is InChI=1S/C11H13NO4/c12-10(11(13)14)7-2-3-8-9(6-7)16-5-1-4-15-8/h2-3,6,10H,1,4-5,12H2,(H,13,14)/t10-/m0/s1. The quantitative estimate of drug-likeness (QED) is 0.779. The summed E-state index contributed by atoms with van der Waals surface area (Å²) in [4.78, 5) is 10.7. The lowest BCUT2D eigenvalue weighted by molar-refractivity contribution is -0.138. The van der Waals surface area contributed by atoms with Crippen molar-refractivity contribution in [2.75, 3.05) is 13.2 Å². The zero-order valence-electron chi connectivity index (χ0n) is 8.68. The van der Waals surface area contributed by atoms with Crippen molar-refractivity contribution in [2.24, 2.45) is 5.73 Å². The summed E-state index contributed by atoms with van der Waals surface area (Å²) in [6.07, 6.45) is 0.814. The van der Waals surface area contributed by atoms with Crippen LogP contribution < -0.4 is 15.2 Å². The highest BCUT2D eigenvalue weighted by Crippen LogP contribution is 2.31. The minimum Gasteiger partial charge on any atom is -0.490 e. The molecule has 1 aromatic rings. The third-order valence-electron chi connectivity index (χ3n) is 2.40. The Morgan fingerprint density at radius 2 is 2.00 bits per heavy atom. The van der Waals surface area contributed by atoms with Crippen LogP contribution in [0, 0.1) is 0 Å². The zero-order valence-corrected chi connectivity index (χ0v) is 8.68. The highest BCUT2D eigenvalue weighted by Gasteiger charge is 2.17. The van der Waals surface area contributed by atoms with Gasteiger partial charge in [0.1, 0.15) is 6.04 Å². The van der Waals surface area contributed by atoms with Gasteiger partial charge in [-0.15, -0.1) is 0 Å². The maximum atomic E-state index is 10.7. The number of carbonyl (C=O) groups is 1. The van der Waals surface area contributed by atoms with Gasteiger partial charge in [0.25, 0.3) is 0 Å². The Bertz CT molecular complexity index is 405. The van der Waals surface area contributed by atoms with E-state index in [1.807, 2.05) is 0 Å². The smallest absolute Gasteiger partial charge is 0.325 e. The molecule has 0 fully saturated rings. The van der Waals surface area contributed by atoms with Gasteiger partial charge in [0.2, 0.25) is 0 Å². The molecule has 2 rings (SSSR count). The lowest BCUT2D eigenvalue weighted by Crippen LogP contribution is -2.20. The van der Waals surface area contributed by atoms with E-state index in [1.165, 1.54) is 0 Å². The number of ether oxygens (including phenoxy) is 2. The van der Waals surface area contributed by atoms with Crippen molar-refractivity contribution in [2.45, 2.75) is 12.5 Å². The van der Waals surface area contributed by atoms with Crippen LogP contribution in [0.25, 0.3) is 0 Å². The lowest BCUT2D eigenvalue weighted by atomic mass is 10.1. The number of carboxylic acid groups (broad SMARTS) is 1. The molecule has 0 saturated carbocycles. The van der Waals surface area contributed by atoms with E-state index >= 15 is 0 Å². The van der Waals surface area contributed by atoms with E-state index in [0.29, 0.717) is 30.3 Å². The first-order chi connectivity index (χ1) is 7.68. The van der Waals surface area contributed by atoms with Crippen molar-refractivity contribution in [3.8, 4) is 11.5 Å². The summed E-state index contributed by atoms with van der Waals surface area (Å²) in [5.41, 5.74) is 6.02. The van der Waals surface area contributed by atoms with Crippen LogP contribution in [0.5, 0.6) is 11.5 Å². The molecule has 16 heavy (non-hydrogen) atoms. The molecule has 0 radical (unpaired) electrons. The minimum absolute atomic E-state index is 0.511. The summed E-state index contributed by atoms with van der Waals surface area (Å²) in [6, 6.07) is 3.93. The second-order valence-electron chi connectivity index (χ2n) is 3.57. The molecule has 1 aromatic carbocycles. The number of hydrogen-bond acceptors (Lipinski definition) is 4. The van der Waals surface area contributed by atoms with E-state index in [2.05, 4.69) is 0 Å². The molecule has 0 spiro atoms. The number of carboxylic acids is 1. The number of benzene rings is 1. The molecule has 86 valence electrons. The van der Waals surface area contributed by atoms with E-state index in [1.54, 1.807) is 18.2 Å². The average Bonchev–Trinajstić information content (AvgIpc) is 2.51. The molecule has 0 amide bonds. The summed E-state index contributed by atoms with van der Waals surface area (Å²) in [5, 5.41) is 8.80. The molecule has 1 aliphatic heterocycles. The van der Waals surface area contributed by atoms with Crippen molar-refractivity contribution < 1.29 is 19.4 Å². The van der Waals surface area contributed by atoms with Gasteiger partial charge in [0, 0.05) is 6.42 Å². The van der Waals surface area contributed by atoms with Gasteiger partial charge >= 0.3 is 5.97 Å². The molecule has 0 saturated heterocycles. The molecule has 1 atom stereocenters. The van der Waals surface area contributed by atoms with Crippen LogP contribution in [0.4, 0.5) is 0 Å². The second-order valence-corrected chi connectivity index (χ2v) is 3.57. The van der Waals surface area contributed by atoms with Crippen molar-refractivity contribution in [1.82, 2.24) is 0 Å². The first-order valence-electron chi connectivity index (χ1n) is 5.06. The van der Waals surface area contributed by atoms with Gasteiger partial charge in [-0.1, -0.05) is 6.07 Å². The predicted octanol–water partition coefficient (Wildman–Crippen LogP) is 0.932. The maximum absolute atomic E-state index is 10.7. The number of hydrogen-bond donors (Lipinski definition) is 2. The van der Waals surface area contributed by atoms with E-state index in [9.17, 15) is 4.79 Å². The third kappa shape index (κ3) is 2.09. The van der Waals surface area contributed by atoms with Crippen LogP contribution in [-0.4, -0.2) is 24.3 Å². The summed E-state index contributed by atoms with van der Waals surface area (Å²) in [6.45, 7) is 1.18. The van der Waals surface area contributed by atoms with E-state index in [4.69, 9.17) is 20.3 Å². The summed E-state index contributed by atoms with van der Waals surface area (Å²) >= 11 is 0.